The highest BCUT2D eigenvalue weighted by atomic mass is 32.2. The molecule has 0 unspecified atom stereocenters. The van der Waals surface area contributed by atoms with E-state index in [1.54, 1.807) is 12.3 Å². The van der Waals surface area contributed by atoms with Gasteiger partial charge in [-0.2, -0.15) is 0 Å². The molecule has 0 saturated carbocycles. The summed E-state index contributed by atoms with van der Waals surface area (Å²) in [4.78, 5) is 30.4. The van der Waals surface area contributed by atoms with Crippen molar-refractivity contribution in [2.45, 2.75) is 19.4 Å². The molecule has 4 heterocycles. The van der Waals surface area contributed by atoms with Gasteiger partial charge in [0.05, 0.1) is 21.8 Å². The summed E-state index contributed by atoms with van der Waals surface area (Å²) in [5, 5.41) is 3.13. The number of nitrogens with one attached hydrogen (secondary N) is 1. The lowest BCUT2D eigenvalue weighted by Crippen LogP contribution is -2.35. The Labute approximate surface area is 147 Å². The van der Waals surface area contributed by atoms with Crippen molar-refractivity contribution in [1.29, 1.82) is 0 Å². The van der Waals surface area contributed by atoms with Crippen LogP contribution in [0.3, 0.4) is 0 Å². The van der Waals surface area contributed by atoms with Gasteiger partial charge in [0.25, 0.3) is 11.5 Å². The van der Waals surface area contributed by atoms with Crippen LogP contribution in [0.4, 0.5) is 0 Å². The van der Waals surface area contributed by atoms with E-state index in [0.717, 1.165) is 16.9 Å². The molecule has 1 amide bonds. The lowest BCUT2D eigenvalue weighted by atomic mass is 10.2. The Balaban J connectivity index is 1.73. The quantitative estimate of drug-likeness (QED) is 0.722. The summed E-state index contributed by atoms with van der Waals surface area (Å²) in [6, 6.07) is 4.80. The number of sulfone groups is 1. The van der Waals surface area contributed by atoms with Crippen LogP contribution in [0.5, 0.6) is 0 Å². The normalized spacial score (nSPS) is 19.5. The number of hydrogen-bond acceptors (Lipinski definition) is 6. The van der Waals surface area contributed by atoms with Crippen LogP contribution >= 0.6 is 11.3 Å². The maximum Gasteiger partial charge on any atom is 0.266 e. The molecule has 4 rings (SSSR count). The third-order valence-corrected chi connectivity index (χ3v) is 7.12. The lowest BCUT2D eigenvalue weighted by molar-refractivity contribution is 0.0945. The van der Waals surface area contributed by atoms with Gasteiger partial charge in [-0.15, -0.1) is 11.3 Å². The first-order valence-corrected chi connectivity index (χ1v) is 10.4. The van der Waals surface area contributed by atoms with Gasteiger partial charge in [-0.1, -0.05) is 6.07 Å². The molecule has 1 atom stereocenters. The van der Waals surface area contributed by atoms with E-state index in [0.29, 0.717) is 27.2 Å². The second kappa shape index (κ2) is 5.63. The van der Waals surface area contributed by atoms with Gasteiger partial charge in [-0.05, 0) is 31.0 Å². The van der Waals surface area contributed by atoms with Crippen LogP contribution in [0.1, 0.15) is 21.7 Å². The summed E-state index contributed by atoms with van der Waals surface area (Å²) in [5.74, 6) is -0.304. The van der Waals surface area contributed by atoms with E-state index in [-0.39, 0.29) is 29.0 Å². The van der Waals surface area contributed by atoms with Gasteiger partial charge in [-0.25, -0.2) is 13.4 Å². The number of carbonyl (C=O) groups is 1. The molecule has 130 valence electrons. The zero-order valence-electron chi connectivity index (χ0n) is 13.4. The highest BCUT2D eigenvalue weighted by Crippen LogP contribution is 2.23. The smallest absolute Gasteiger partial charge is 0.266 e. The van der Waals surface area contributed by atoms with Crippen LogP contribution in [0, 0.1) is 6.92 Å². The first-order chi connectivity index (χ1) is 11.8. The molecule has 1 aliphatic rings. The number of hydrogen-bond donors (Lipinski definition) is 1. The van der Waals surface area contributed by atoms with Crippen molar-refractivity contribution in [3.05, 3.63) is 45.2 Å². The van der Waals surface area contributed by atoms with Gasteiger partial charge >= 0.3 is 0 Å². The van der Waals surface area contributed by atoms with E-state index in [2.05, 4.69) is 10.3 Å². The maximum atomic E-state index is 12.6. The number of carbonyl (C=O) groups excluding carboxylic acids is 1. The zero-order valence-corrected chi connectivity index (χ0v) is 15.0. The maximum absolute atomic E-state index is 12.6. The summed E-state index contributed by atoms with van der Waals surface area (Å²) in [7, 11) is -3.06. The van der Waals surface area contributed by atoms with E-state index >= 15 is 0 Å². The molecule has 1 saturated heterocycles. The Morgan fingerprint density at radius 1 is 1.44 bits per heavy atom. The molecule has 0 aromatic carbocycles. The van der Waals surface area contributed by atoms with Gasteiger partial charge in [0, 0.05) is 12.2 Å². The number of thiophene rings is 1. The standard InChI is InChI=1S/C16H15N3O4S2/c1-9-3-2-5-19-13(9)18-15-11(16(19)21)7-12(24-15)14(20)17-10-4-6-25(22,23)8-10/h2-3,5,7,10H,4,6,8H2,1H3,(H,17,20)/t10-/m1/s1. The Hall–Kier alpha value is -2.26. The minimum Gasteiger partial charge on any atom is -0.348 e. The molecule has 1 N–H and O–H groups in total. The molecule has 1 fully saturated rings. The van der Waals surface area contributed by atoms with Crippen LogP contribution in [-0.2, 0) is 9.84 Å². The van der Waals surface area contributed by atoms with Crippen LogP contribution in [0.2, 0.25) is 0 Å². The Kier molecular flexibility index (Phi) is 3.66. The fraction of sp³-hybridized carbons (Fsp3) is 0.312. The molecule has 3 aromatic rings. The fourth-order valence-electron chi connectivity index (χ4n) is 3.04. The van der Waals surface area contributed by atoms with E-state index in [1.165, 1.54) is 10.5 Å². The molecule has 1 aliphatic heterocycles. The Bertz CT molecular complexity index is 1180. The molecule has 0 radical (unpaired) electrons. The first kappa shape index (κ1) is 16.2. The lowest BCUT2D eigenvalue weighted by Gasteiger charge is -2.08. The van der Waals surface area contributed by atoms with Crippen molar-refractivity contribution in [1.82, 2.24) is 14.7 Å². The van der Waals surface area contributed by atoms with Gasteiger partial charge < -0.3 is 5.32 Å². The van der Waals surface area contributed by atoms with Crippen LogP contribution in [0.15, 0.2) is 29.2 Å². The van der Waals surface area contributed by atoms with Gasteiger partial charge in [0.15, 0.2) is 9.84 Å². The number of rotatable bonds is 2. The van der Waals surface area contributed by atoms with Crippen molar-refractivity contribution >= 4 is 42.9 Å². The number of aryl methyl sites for hydroxylation is 1. The van der Waals surface area contributed by atoms with Crippen molar-refractivity contribution in [3.63, 3.8) is 0 Å². The predicted octanol–water partition coefficient (Wildman–Crippen LogP) is 1.13. The summed E-state index contributed by atoms with van der Waals surface area (Å²) in [6.45, 7) is 1.87. The summed E-state index contributed by atoms with van der Waals surface area (Å²) >= 11 is 1.14. The first-order valence-electron chi connectivity index (χ1n) is 7.77. The average Bonchev–Trinajstić information content (AvgIpc) is 3.12. The number of amides is 1. The number of nitrogens with zero attached hydrogens (tertiary/aromatic N) is 2. The van der Waals surface area contributed by atoms with Crippen LogP contribution < -0.4 is 10.9 Å². The number of fused-ring (bicyclic) bond motifs is 2. The molecular formula is C16H15N3O4S2. The SMILES string of the molecule is Cc1cccn2c(=O)c3cc(C(=O)N[C@@H]4CCS(=O)(=O)C4)sc3nc12. The number of aromatic nitrogens is 2. The van der Waals surface area contributed by atoms with E-state index < -0.39 is 9.84 Å². The van der Waals surface area contributed by atoms with Crippen molar-refractivity contribution in [2.24, 2.45) is 0 Å². The molecule has 9 heteroatoms. The summed E-state index contributed by atoms with van der Waals surface area (Å²) < 4.78 is 24.5. The second-order valence-corrected chi connectivity index (χ2v) is 9.46. The second-order valence-electron chi connectivity index (χ2n) is 6.20. The molecule has 0 bridgehead atoms. The predicted molar refractivity (Wildman–Crippen MR) is 96.1 cm³/mol. The van der Waals surface area contributed by atoms with Crippen molar-refractivity contribution < 1.29 is 13.2 Å². The van der Waals surface area contributed by atoms with Crippen molar-refractivity contribution in [3.8, 4) is 0 Å². The largest absolute Gasteiger partial charge is 0.348 e. The minimum atomic E-state index is -3.06. The zero-order chi connectivity index (χ0) is 17.8. The van der Waals surface area contributed by atoms with E-state index in [9.17, 15) is 18.0 Å². The van der Waals surface area contributed by atoms with E-state index in [4.69, 9.17) is 0 Å². The molecule has 7 nitrogen and oxygen atoms in total. The Morgan fingerprint density at radius 2 is 2.24 bits per heavy atom. The summed E-state index contributed by atoms with van der Waals surface area (Å²) in [5.41, 5.74) is 1.22. The average molecular weight is 377 g/mol. The monoisotopic (exact) mass is 377 g/mol. The van der Waals surface area contributed by atoms with Gasteiger partial charge in [0.1, 0.15) is 10.5 Å². The number of pyridine rings is 1. The molecule has 0 aliphatic carbocycles. The highest BCUT2D eigenvalue weighted by Gasteiger charge is 2.29. The summed E-state index contributed by atoms with van der Waals surface area (Å²) in [6.07, 6.45) is 2.07. The highest BCUT2D eigenvalue weighted by molar-refractivity contribution is 7.91. The van der Waals surface area contributed by atoms with Crippen LogP contribution in [-0.4, -0.2) is 41.3 Å². The third-order valence-electron chi connectivity index (χ3n) is 4.32. The third kappa shape index (κ3) is 2.83. The molecule has 3 aromatic heterocycles. The fourth-order valence-corrected chi connectivity index (χ4v) is 5.63. The van der Waals surface area contributed by atoms with E-state index in [1.807, 2.05) is 13.0 Å². The molecule has 0 spiro atoms. The minimum absolute atomic E-state index is 0.0341. The Morgan fingerprint density at radius 3 is 2.96 bits per heavy atom. The molecule has 25 heavy (non-hydrogen) atoms. The molecular weight excluding hydrogens is 362 g/mol. The van der Waals surface area contributed by atoms with Crippen molar-refractivity contribution in [2.75, 3.05) is 11.5 Å². The van der Waals surface area contributed by atoms with Gasteiger partial charge in [0.2, 0.25) is 0 Å². The van der Waals surface area contributed by atoms with Crippen LogP contribution in [0.25, 0.3) is 15.9 Å². The van der Waals surface area contributed by atoms with Gasteiger partial charge in [-0.3, -0.25) is 14.0 Å². The topological polar surface area (TPSA) is 97.6 Å².